The van der Waals surface area contributed by atoms with E-state index in [1.807, 2.05) is 17.5 Å². The molecule has 1 atom stereocenters. The summed E-state index contributed by atoms with van der Waals surface area (Å²) < 4.78 is 4.72. The van der Waals surface area contributed by atoms with Crippen molar-refractivity contribution in [1.29, 1.82) is 0 Å². The van der Waals surface area contributed by atoms with Gasteiger partial charge in [0.1, 0.15) is 0 Å². The van der Waals surface area contributed by atoms with Gasteiger partial charge < -0.3 is 10.1 Å². The molecular weight excluding hydrogens is 276 g/mol. The van der Waals surface area contributed by atoms with Gasteiger partial charge in [-0.05, 0) is 23.1 Å². The number of carbonyl (C=O) groups is 2. The average molecular weight is 290 g/mol. The van der Waals surface area contributed by atoms with Crippen LogP contribution in [0.15, 0.2) is 47.8 Å². The first-order chi connectivity index (χ1) is 9.70. The maximum atomic E-state index is 11.9. The van der Waals surface area contributed by atoms with Crippen molar-refractivity contribution in [3.63, 3.8) is 0 Å². The number of anilines is 1. The first-order valence-electron chi connectivity index (χ1n) is 5.94. The topological polar surface area (TPSA) is 67.4 Å². The number of hydrogen-bond acceptors (Lipinski definition) is 4. The van der Waals surface area contributed by atoms with Crippen LogP contribution in [0.2, 0.25) is 0 Å². The second kappa shape index (κ2) is 6.72. The van der Waals surface area contributed by atoms with Crippen molar-refractivity contribution in [2.45, 2.75) is 6.04 Å². The molecular formula is C14H14N2O3S. The summed E-state index contributed by atoms with van der Waals surface area (Å²) in [5.74, 6) is -0.516. The van der Waals surface area contributed by atoms with Crippen LogP contribution in [-0.2, 0) is 9.53 Å². The summed E-state index contributed by atoms with van der Waals surface area (Å²) in [6, 6.07) is 11.3. The van der Waals surface area contributed by atoms with Gasteiger partial charge in [0.25, 0.3) is 0 Å². The summed E-state index contributed by atoms with van der Waals surface area (Å²) in [5.41, 5.74) is 0.667. The maximum absolute atomic E-state index is 11.9. The van der Waals surface area contributed by atoms with Crippen molar-refractivity contribution in [2.24, 2.45) is 0 Å². The zero-order chi connectivity index (χ0) is 14.4. The van der Waals surface area contributed by atoms with Gasteiger partial charge in [-0.3, -0.25) is 5.32 Å². The van der Waals surface area contributed by atoms with E-state index in [-0.39, 0.29) is 0 Å². The van der Waals surface area contributed by atoms with E-state index in [4.69, 9.17) is 4.74 Å². The predicted molar refractivity (Wildman–Crippen MR) is 77.7 cm³/mol. The molecule has 0 saturated carbocycles. The minimum atomic E-state index is -0.832. The minimum absolute atomic E-state index is 0.452. The number of ether oxygens (including phenoxy) is 1. The van der Waals surface area contributed by atoms with Gasteiger partial charge >= 0.3 is 12.0 Å². The lowest BCUT2D eigenvalue weighted by Gasteiger charge is -2.16. The van der Waals surface area contributed by atoms with Crippen molar-refractivity contribution in [1.82, 2.24) is 5.32 Å². The summed E-state index contributed by atoms with van der Waals surface area (Å²) in [4.78, 5) is 23.7. The number of benzene rings is 1. The molecule has 1 unspecified atom stereocenters. The van der Waals surface area contributed by atoms with E-state index in [2.05, 4.69) is 10.6 Å². The highest BCUT2D eigenvalue weighted by Gasteiger charge is 2.23. The van der Waals surface area contributed by atoms with E-state index in [0.717, 1.165) is 0 Å². The Morgan fingerprint density at radius 1 is 1.15 bits per heavy atom. The van der Waals surface area contributed by atoms with Crippen LogP contribution < -0.4 is 10.6 Å². The van der Waals surface area contributed by atoms with Crippen LogP contribution in [0, 0.1) is 0 Å². The number of methoxy groups -OCH3 is 1. The first kappa shape index (κ1) is 14.1. The Kier molecular flexibility index (Phi) is 4.73. The van der Waals surface area contributed by atoms with Gasteiger partial charge in [0.05, 0.1) is 12.1 Å². The van der Waals surface area contributed by atoms with Gasteiger partial charge in [0.2, 0.25) is 0 Å². The lowest BCUT2D eigenvalue weighted by Crippen LogP contribution is -2.37. The van der Waals surface area contributed by atoms with Crippen molar-refractivity contribution >= 4 is 28.3 Å². The number of nitrogens with one attached hydrogen (secondary N) is 2. The lowest BCUT2D eigenvalue weighted by molar-refractivity contribution is -0.143. The fraction of sp³-hybridized carbons (Fsp3) is 0.143. The monoisotopic (exact) mass is 290 g/mol. The van der Waals surface area contributed by atoms with Gasteiger partial charge in [-0.25, -0.2) is 9.59 Å². The van der Waals surface area contributed by atoms with E-state index in [1.165, 1.54) is 18.4 Å². The molecule has 6 heteroatoms. The normalized spacial score (nSPS) is 11.4. The minimum Gasteiger partial charge on any atom is -0.467 e. The summed E-state index contributed by atoms with van der Waals surface area (Å²) >= 11 is 1.40. The highest BCUT2D eigenvalue weighted by atomic mass is 32.1. The zero-order valence-electron chi connectivity index (χ0n) is 10.8. The fourth-order valence-electron chi connectivity index (χ4n) is 1.67. The molecule has 0 aliphatic rings. The van der Waals surface area contributed by atoms with E-state index >= 15 is 0 Å². The summed E-state index contributed by atoms with van der Waals surface area (Å²) in [7, 11) is 1.29. The Bertz CT molecular complexity index is 569. The lowest BCUT2D eigenvalue weighted by atomic mass is 10.1. The van der Waals surface area contributed by atoms with Crippen LogP contribution in [0.25, 0.3) is 0 Å². The third kappa shape index (κ3) is 3.58. The Hall–Kier alpha value is -2.34. The summed E-state index contributed by atoms with van der Waals surface area (Å²) in [5, 5.41) is 7.83. The van der Waals surface area contributed by atoms with Crippen molar-refractivity contribution in [2.75, 3.05) is 12.4 Å². The first-order valence-corrected chi connectivity index (χ1v) is 6.82. The van der Waals surface area contributed by atoms with Crippen LogP contribution >= 0.6 is 11.3 Å². The molecule has 2 amide bonds. The molecule has 104 valence electrons. The van der Waals surface area contributed by atoms with Gasteiger partial charge in [-0.1, -0.05) is 30.3 Å². The van der Waals surface area contributed by atoms with Crippen LogP contribution in [0.3, 0.4) is 0 Å². The van der Waals surface area contributed by atoms with Crippen LogP contribution in [0.1, 0.15) is 11.6 Å². The number of carbonyl (C=O) groups excluding carboxylic acids is 2. The predicted octanol–water partition coefficient (Wildman–Crippen LogP) is 2.78. The second-order valence-electron chi connectivity index (χ2n) is 3.94. The Balaban J connectivity index is 2.08. The molecule has 1 heterocycles. The van der Waals surface area contributed by atoms with E-state index < -0.39 is 18.0 Å². The Morgan fingerprint density at radius 3 is 2.50 bits per heavy atom. The Labute approximate surface area is 120 Å². The molecule has 20 heavy (non-hydrogen) atoms. The molecule has 0 aliphatic carbocycles. The molecule has 0 saturated heterocycles. The molecule has 0 bridgehead atoms. The molecule has 0 spiro atoms. The fourth-order valence-corrected chi connectivity index (χ4v) is 2.28. The summed E-state index contributed by atoms with van der Waals surface area (Å²) in [6.45, 7) is 0. The van der Waals surface area contributed by atoms with E-state index in [0.29, 0.717) is 10.6 Å². The highest BCUT2D eigenvalue weighted by molar-refractivity contribution is 7.14. The standard InChI is InChI=1S/C14H14N2O3S/c1-19-13(17)12(10-6-3-2-4-7-10)16-14(18)15-11-8-5-9-20-11/h2-9,12H,1H3,(H2,15,16,18). The third-order valence-corrected chi connectivity index (χ3v) is 3.39. The molecule has 1 aromatic heterocycles. The molecule has 0 aliphatic heterocycles. The maximum Gasteiger partial charge on any atom is 0.333 e. The molecule has 1 aromatic carbocycles. The highest BCUT2D eigenvalue weighted by Crippen LogP contribution is 2.17. The van der Waals surface area contributed by atoms with Crippen LogP contribution in [0.5, 0.6) is 0 Å². The quantitative estimate of drug-likeness (QED) is 0.851. The van der Waals surface area contributed by atoms with Crippen molar-refractivity contribution < 1.29 is 14.3 Å². The van der Waals surface area contributed by atoms with E-state index in [1.54, 1.807) is 30.3 Å². The molecule has 2 rings (SSSR count). The number of amides is 2. The SMILES string of the molecule is COC(=O)C(NC(=O)Nc1cccs1)c1ccccc1. The van der Waals surface area contributed by atoms with Crippen LogP contribution in [-0.4, -0.2) is 19.1 Å². The second-order valence-corrected chi connectivity index (χ2v) is 4.89. The Morgan fingerprint density at radius 2 is 1.90 bits per heavy atom. The van der Waals surface area contributed by atoms with Gasteiger partial charge in [0.15, 0.2) is 6.04 Å². The average Bonchev–Trinajstić information content (AvgIpc) is 2.97. The number of rotatable bonds is 4. The van der Waals surface area contributed by atoms with Crippen LogP contribution in [0.4, 0.5) is 9.80 Å². The van der Waals surface area contributed by atoms with Crippen molar-refractivity contribution in [3.05, 3.63) is 53.4 Å². The molecule has 0 radical (unpaired) electrons. The number of urea groups is 1. The van der Waals surface area contributed by atoms with E-state index in [9.17, 15) is 9.59 Å². The smallest absolute Gasteiger partial charge is 0.333 e. The van der Waals surface area contributed by atoms with Gasteiger partial charge in [-0.15, -0.1) is 11.3 Å². The number of thiophene rings is 1. The number of esters is 1. The number of hydrogen-bond donors (Lipinski definition) is 2. The summed E-state index contributed by atoms with van der Waals surface area (Å²) in [6.07, 6.45) is 0. The van der Waals surface area contributed by atoms with Gasteiger partial charge in [0, 0.05) is 0 Å². The molecule has 2 aromatic rings. The van der Waals surface area contributed by atoms with Gasteiger partial charge in [-0.2, -0.15) is 0 Å². The molecule has 0 fully saturated rings. The molecule has 2 N–H and O–H groups in total. The van der Waals surface area contributed by atoms with Crippen molar-refractivity contribution in [3.8, 4) is 0 Å². The molecule has 5 nitrogen and oxygen atoms in total. The zero-order valence-corrected chi connectivity index (χ0v) is 11.6. The largest absolute Gasteiger partial charge is 0.467 e. The third-order valence-electron chi connectivity index (χ3n) is 2.60.